The highest BCUT2D eigenvalue weighted by atomic mass is 16.3. The molecule has 0 aromatic heterocycles. The fourth-order valence-corrected chi connectivity index (χ4v) is 8.49. The summed E-state index contributed by atoms with van der Waals surface area (Å²) in [6.07, 6.45) is 5.38. The van der Waals surface area contributed by atoms with Gasteiger partial charge in [-0.2, -0.15) is 0 Å². The minimum Gasteiger partial charge on any atom is -0.395 e. The molecule has 10 heteroatoms. The predicted octanol–water partition coefficient (Wildman–Crippen LogP) is 7.25. The van der Waals surface area contributed by atoms with Crippen LogP contribution >= 0.6 is 0 Å². The van der Waals surface area contributed by atoms with Gasteiger partial charge in [0.05, 0.1) is 30.2 Å². The summed E-state index contributed by atoms with van der Waals surface area (Å²) in [5.41, 5.74) is 5.49. The Balaban J connectivity index is 1.12. The van der Waals surface area contributed by atoms with E-state index in [4.69, 9.17) is 0 Å². The molecule has 0 unspecified atom stereocenters. The molecule has 4 amide bonds. The fraction of sp³-hybridized carbons (Fsp3) is 0.250. The van der Waals surface area contributed by atoms with Crippen molar-refractivity contribution in [2.24, 2.45) is 5.92 Å². The number of benzene rings is 5. The van der Waals surface area contributed by atoms with Crippen LogP contribution in [0, 0.1) is 5.92 Å². The Kier molecular flexibility index (Phi) is 10.8. The zero-order valence-corrected chi connectivity index (χ0v) is 32.5. The lowest BCUT2D eigenvalue weighted by Gasteiger charge is -2.31. The SMILES string of the molecule is C[C@@H](/C=C/CC(=O)N(CCO)Cc1ccccc1)[C@]1(O)C(=O)N(Cc2cccc(N3C(=O)CCc4ccccc43)c2)c2ccc(N3C(=O)CCc4ccccc43)cc21. The highest BCUT2D eigenvalue weighted by molar-refractivity contribution is 6.09. The van der Waals surface area contributed by atoms with Crippen molar-refractivity contribution in [3.8, 4) is 0 Å². The number of fused-ring (bicyclic) bond motifs is 3. The van der Waals surface area contributed by atoms with E-state index < -0.39 is 17.4 Å². The van der Waals surface area contributed by atoms with Gasteiger partial charge in [0.2, 0.25) is 17.7 Å². The Morgan fingerprint density at radius 1 is 0.724 bits per heavy atom. The Labute approximate surface area is 338 Å². The molecule has 8 rings (SSSR count). The first-order valence-electron chi connectivity index (χ1n) is 19.9. The molecule has 0 aliphatic carbocycles. The molecule has 2 N–H and O–H groups in total. The van der Waals surface area contributed by atoms with E-state index >= 15 is 0 Å². The van der Waals surface area contributed by atoms with Crippen LogP contribution in [0.4, 0.5) is 28.4 Å². The quantitative estimate of drug-likeness (QED) is 0.129. The van der Waals surface area contributed by atoms with Crippen molar-refractivity contribution in [3.63, 3.8) is 0 Å². The number of hydrogen-bond donors (Lipinski definition) is 2. The maximum atomic E-state index is 14.8. The maximum Gasteiger partial charge on any atom is 0.264 e. The van der Waals surface area contributed by atoms with Crippen molar-refractivity contribution in [3.05, 3.63) is 161 Å². The van der Waals surface area contributed by atoms with Gasteiger partial charge in [-0.15, -0.1) is 0 Å². The first kappa shape index (κ1) is 38.5. The van der Waals surface area contributed by atoms with Gasteiger partial charge >= 0.3 is 0 Å². The van der Waals surface area contributed by atoms with Crippen LogP contribution in [0.3, 0.4) is 0 Å². The summed E-state index contributed by atoms with van der Waals surface area (Å²) in [4.78, 5) is 61.5. The zero-order chi connectivity index (χ0) is 40.4. The molecule has 0 fully saturated rings. The Hall–Kier alpha value is -6.36. The van der Waals surface area contributed by atoms with Crippen molar-refractivity contribution in [1.82, 2.24) is 4.90 Å². The molecule has 0 saturated carbocycles. The van der Waals surface area contributed by atoms with Crippen LogP contribution in [-0.2, 0) is 50.7 Å². The lowest BCUT2D eigenvalue weighted by Crippen LogP contribution is -2.44. The number of carbonyl (C=O) groups is 4. The van der Waals surface area contributed by atoms with Crippen molar-refractivity contribution in [2.75, 3.05) is 27.9 Å². The minimum absolute atomic E-state index is 0.00224. The third-order valence-corrected chi connectivity index (χ3v) is 11.5. The summed E-state index contributed by atoms with van der Waals surface area (Å²) in [5.74, 6) is -1.61. The number of amides is 4. The molecule has 3 heterocycles. The van der Waals surface area contributed by atoms with E-state index in [1.165, 1.54) is 0 Å². The van der Waals surface area contributed by atoms with Crippen molar-refractivity contribution in [2.45, 2.75) is 57.7 Å². The normalized spacial score (nSPS) is 18.0. The molecule has 0 spiro atoms. The lowest BCUT2D eigenvalue weighted by molar-refractivity contribution is -0.139. The predicted molar refractivity (Wildman–Crippen MR) is 224 cm³/mol. The van der Waals surface area contributed by atoms with E-state index in [1.54, 1.807) is 50.8 Å². The van der Waals surface area contributed by atoms with E-state index in [0.29, 0.717) is 54.9 Å². The van der Waals surface area contributed by atoms with Gasteiger partial charge in [-0.3, -0.25) is 29.0 Å². The summed E-state index contributed by atoms with van der Waals surface area (Å²) < 4.78 is 0. The van der Waals surface area contributed by atoms with E-state index in [2.05, 4.69) is 0 Å². The van der Waals surface area contributed by atoms with E-state index in [9.17, 15) is 29.4 Å². The lowest BCUT2D eigenvalue weighted by atomic mass is 9.82. The van der Waals surface area contributed by atoms with Gasteiger partial charge < -0.3 is 20.0 Å². The van der Waals surface area contributed by atoms with E-state index in [0.717, 1.165) is 33.6 Å². The van der Waals surface area contributed by atoms with Gasteiger partial charge in [0, 0.05) is 55.2 Å². The molecule has 10 nitrogen and oxygen atoms in total. The van der Waals surface area contributed by atoms with Crippen molar-refractivity contribution < 1.29 is 29.4 Å². The highest BCUT2D eigenvalue weighted by Crippen LogP contribution is 2.48. The molecule has 0 bridgehead atoms. The smallest absolute Gasteiger partial charge is 0.264 e. The van der Waals surface area contributed by atoms with Crippen LogP contribution in [0.25, 0.3) is 0 Å². The molecule has 5 aromatic carbocycles. The van der Waals surface area contributed by atoms with Crippen LogP contribution < -0.4 is 14.7 Å². The van der Waals surface area contributed by atoms with Gasteiger partial charge in [0.15, 0.2) is 5.60 Å². The number of aryl methyl sites for hydroxylation is 2. The molecule has 294 valence electrons. The molecule has 3 aliphatic heterocycles. The van der Waals surface area contributed by atoms with Gasteiger partial charge in [-0.1, -0.05) is 97.9 Å². The van der Waals surface area contributed by atoms with E-state index in [-0.39, 0.29) is 43.8 Å². The summed E-state index contributed by atoms with van der Waals surface area (Å²) in [6.45, 7) is 2.19. The number of anilines is 5. The average molecular weight is 775 g/mol. The molecular weight excluding hydrogens is 729 g/mol. The summed E-state index contributed by atoms with van der Waals surface area (Å²) in [6, 6.07) is 38.1. The van der Waals surface area contributed by atoms with Crippen LogP contribution in [0.1, 0.15) is 54.0 Å². The number of para-hydroxylation sites is 2. The van der Waals surface area contributed by atoms with Gasteiger partial charge in [0.1, 0.15) is 0 Å². The molecular formula is C48H46N4O6. The summed E-state index contributed by atoms with van der Waals surface area (Å²) in [7, 11) is 0. The van der Waals surface area contributed by atoms with Crippen molar-refractivity contribution >= 4 is 52.1 Å². The number of hydrogen-bond acceptors (Lipinski definition) is 6. The van der Waals surface area contributed by atoms with Gasteiger partial charge in [-0.05, 0) is 77.6 Å². The number of carbonyl (C=O) groups excluding carboxylic acids is 4. The second kappa shape index (κ2) is 16.2. The second-order valence-corrected chi connectivity index (χ2v) is 15.2. The summed E-state index contributed by atoms with van der Waals surface area (Å²) in [5, 5.41) is 22.4. The number of nitrogens with zero attached hydrogens (tertiary/aromatic N) is 4. The number of aliphatic hydroxyl groups excluding tert-OH is 1. The molecule has 0 radical (unpaired) electrons. The zero-order valence-electron chi connectivity index (χ0n) is 32.5. The van der Waals surface area contributed by atoms with E-state index in [1.807, 2.05) is 109 Å². The van der Waals surface area contributed by atoms with Gasteiger partial charge in [-0.25, -0.2) is 0 Å². The first-order chi connectivity index (χ1) is 28.2. The standard InChI is InChI=1S/C48H46N4O6/c1-33(11-9-20-44(54)49(27-28-53)31-34-12-3-2-4-13-34)48(58)40-30-39(52-42-19-8-6-16-37(42)22-26-46(52)56)23-24-43(40)50(47(48)57)32-35-14-10-17-38(29-35)51-41-18-7-5-15-36(41)21-25-45(51)55/h2-19,23-24,29-30,33,53,58H,20-22,25-28,31-32H2,1H3/b11-9+/t33-,48+/m0/s1. The van der Waals surface area contributed by atoms with Crippen LogP contribution in [0.2, 0.25) is 0 Å². The number of rotatable bonds is 12. The third-order valence-electron chi connectivity index (χ3n) is 11.5. The Morgan fingerprint density at radius 2 is 1.33 bits per heavy atom. The Morgan fingerprint density at radius 3 is 1.98 bits per heavy atom. The second-order valence-electron chi connectivity index (χ2n) is 15.2. The van der Waals surface area contributed by atoms with Crippen LogP contribution in [0.5, 0.6) is 0 Å². The third kappa shape index (κ3) is 7.21. The molecule has 58 heavy (non-hydrogen) atoms. The largest absolute Gasteiger partial charge is 0.395 e. The van der Waals surface area contributed by atoms with Crippen molar-refractivity contribution in [1.29, 1.82) is 0 Å². The topological polar surface area (TPSA) is 122 Å². The molecule has 3 aliphatic rings. The fourth-order valence-electron chi connectivity index (χ4n) is 8.49. The monoisotopic (exact) mass is 774 g/mol. The maximum absolute atomic E-state index is 14.8. The van der Waals surface area contributed by atoms with Gasteiger partial charge in [0.25, 0.3) is 5.91 Å². The number of aliphatic hydroxyl groups is 2. The molecule has 2 atom stereocenters. The Bertz CT molecular complexity index is 2410. The average Bonchev–Trinajstić information content (AvgIpc) is 3.45. The first-order valence-corrected chi connectivity index (χ1v) is 19.9. The highest BCUT2D eigenvalue weighted by Gasteiger charge is 2.53. The minimum atomic E-state index is -2.04. The molecule has 5 aromatic rings. The van der Waals surface area contributed by atoms with Crippen LogP contribution in [-0.4, -0.2) is 51.9 Å². The molecule has 0 saturated heterocycles. The summed E-state index contributed by atoms with van der Waals surface area (Å²) >= 11 is 0. The van der Waals surface area contributed by atoms with Crippen LogP contribution in [0.15, 0.2) is 133 Å².